The molecule has 0 aliphatic heterocycles. The third-order valence-electron chi connectivity index (χ3n) is 4.38. The van der Waals surface area contributed by atoms with Crippen molar-refractivity contribution in [1.29, 1.82) is 0 Å². The zero-order valence-corrected chi connectivity index (χ0v) is 16.4. The highest BCUT2D eigenvalue weighted by molar-refractivity contribution is 9.10. The lowest BCUT2D eigenvalue weighted by Crippen LogP contribution is -2.36. The van der Waals surface area contributed by atoms with Gasteiger partial charge in [0.25, 0.3) is 0 Å². The number of hydrogen-bond acceptors (Lipinski definition) is 2. The van der Waals surface area contributed by atoms with Gasteiger partial charge in [-0.05, 0) is 62.3 Å². The molecule has 25 heavy (non-hydrogen) atoms. The van der Waals surface area contributed by atoms with Crippen molar-refractivity contribution in [1.82, 2.24) is 5.32 Å². The molecule has 3 atom stereocenters. The molecule has 1 amide bonds. The number of rotatable bonds is 4. The van der Waals surface area contributed by atoms with E-state index in [9.17, 15) is 4.79 Å². The lowest BCUT2D eigenvalue weighted by molar-refractivity contribution is 0.0496. The highest BCUT2D eigenvalue weighted by Crippen LogP contribution is 2.54. The molecule has 0 heterocycles. The van der Waals surface area contributed by atoms with Crippen LogP contribution in [-0.2, 0) is 4.74 Å². The highest BCUT2D eigenvalue weighted by atomic mass is 79.9. The van der Waals surface area contributed by atoms with Crippen molar-refractivity contribution in [2.75, 3.05) is 0 Å². The van der Waals surface area contributed by atoms with Gasteiger partial charge in [-0.2, -0.15) is 0 Å². The maximum Gasteiger partial charge on any atom is 0.408 e. The number of ether oxygens (including phenoxy) is 1. The lowest BCUT2D eigenvalue weighted by atomic mass is 9.99. The van der Waals surface area contributed by atoms with Gasteiger partial charge in [0.1, 0.15) is 5.60 Å². The summed E-state index contributed by atoms with van der Waals surface area (Å²) in [6.45, 7) is 5.64. The Morgan fingerprint density at radius 3 is 2.52 bits per heavy atom. The normalized spacial score (nSPS) is 20.6. The second kappa shape index (κ2) is 7.20. The van der Waals surface area contributed by atoms with Gasteiger partial charge in [-0.1, -0.05) is 58.4 Å². The SMILES string of the molecule is CC(C)(C)OC(=O)NC(c1ccccc1)C1CC1c1cccc(Br)c1. The maximum atomic E-state index is 12.3. The zero-order valence-electron chi connectivity index (χ0n) is 14.8. The third-order valence-corrected chi connectivity index (χ3v) is 4.87. The minimum atomic E-state index is -0.501. The van der Waals surface area contributed by atoms with Gasteiger partial charge in [0, 0.05) is 4.47 Å². The molecule has 2 aromatic carbocycles. The molecule has 1 aliphatic rings. The van der Waals surface area contributed by atoms with E-state index < -0.39 is 5.60 Å². The first kappa shape index (κ1) is 18.0. The first-order valence-electron chi connectivity index (χ1n) is 8.63. The molecule has 3 nitrogen and oxygen atoms in total. The number of carbonyl (C=O) groups is 1. The number of benzene rings is 2. The number of carbonyl (C=O) groups excluding carboxylic acids is 1. The van der Waals surface area contributed by atoms with Crippen LogP contribution in [0.25, 0.3) is 0 Å². The first-order valence-corrected chi connectivity index (χ1v) is 9.43. The van der Waals surface area contributed by atoms with Gasteiger partial charge in [-0.15, -0.1) is 0 Å². The summed E-state index contributed by atoms with van der Waals surface area (Å²) in [4.78, 5) is 12.3. The Bertz CT molecular complexity index is 739. The van der Waals surface area contributed by atoms with Crippen LogP contribution in [0.2, 0.25) is 0 Å². The average Bonchev–Trinajstić information content (AvgIpc) is 3.32. The van der Waals surface area contributed by atoms with Crippen molar-refractivity contribution in [3.05, 3.63) is 70.2 Å². The molecule has 132 valence electrons. The van der Waals surface area contributed by atoms with Gasteiger partial charge < -0.3 is 10.1 Å². The molecule has 0 aromatic heterocycles. The van der Waals surface area contributed by atoms with Crippen molar-refractivity contribution >= 4 is 22.0 Å². The molecule has 3 unspecified atom stereocenters. The Morgan fingerprint density at radius 2 is 1.88 bits per heavy atom. The smallest absolute Gasteiger partial charge is 0.408 e. The van der Waals surface area contributed by atoms with E-state index in [0.29, 0.717) is 11.8 Å². The summed E-state index contributed by atoms with van der Waals surface area (Å²) in [6, 6.07) is 18.5. The van der Waals surface area contributed by atoms with E-state index in [-0.39, 0.29) is 12.1 Å². The molecule has 0 bridgehead atoms. The third kappa shape index (κ3) is 4.85. The number of alkyl carbamates (subject to hydrolysis) is 1. The molecule has 3 rings (SSSR count). The molecule has 1 aliphatic carbocycles. The molecule has 0 radical (unpaired) electrons. The van der Waals surface area contributed by atoms with Crippen LogP contribution in [0.1, 0.15) is 50.3 Å². The summed E-state index contributed by atoms with van der Waals surface area (Å²) in [7, 11) is 0. The molecule has 1 saturated carbocycles. The Morgan fingerprint density at radius 1 is 1.16 bits per heavy atom. The van der Waals surface area contributed by atoms with Crippen LogP contribution in [0.5, 0.6) is 0 Å². The van der Waals surface area contributed by atoms with Gasteiger partial charge in [0.2, 0.25) is 0 Å². The Labute approximate surface area is 157 Å². The Hall–Kier alpha value is -1.81. The van der Waals surface area contributed by atoms with Crippen molar-refractivity contribution in [2.24, 2.45) is 5.92 Å². The lowest BCUT2D eigenvalue weighted by Gasteiger charge is -2.24. The minimum absolute atomic E-state index is 0.0416. The van der Waals surface area contributed by atoms with Gasteiger partial charge >= 0.3 is 6.09 Å². The number of nitrogens with one attached hydrogen (secondary N) is 1. The monoisotopic (exact) mass is 401 g/mol. The Balaban J connectivity index is 1.78. The van der Waals surface area contributed by atoms with E-state index in [1.165, 1.54) is 5.56 Å². The van der Waals surface area contributed by atoms with Crippen LogP contribution >= 0.6 is 15.9 Å². The van der Waals surface area contributed by atoms with Gasteiger partial charge in [-0.25, -0.2) is 4.79 Å². The van der Waals surface area contributed by atoms with Crippen LogP contribution in [0.15, 0.2) is 59.1 Å². The molecule has 0 spiro atoms. The first-order chi connectivity index (χ1) is 11.8. The number of amides is 1. The zero-order chi connectivity index (χ0) is 18.0. The molecular formula is C21H24BrNO2. The van der Waals surface area contributed by atoms with E-state index >= 15 is 0 Å². The van der Waals surface area contributed by atoms with E-state index in [4.69, 9.17) is 4.74 Å². The minimum Gasteiger partial charge on any atom is -0.444 e. The predicted octanol–water partition coefficient (Wildman–Crippen LogP) is 5.82. The molecule has 2 aromatic rings. The van der Waals surface area contributed by atoms with Crippen LogP contribution in [0, 0.1) is 5.92 Å². The molecule has 1 fully saturated rings. The molecule has 4 heteroatoms. The standard InChI is InChI=1S/C21H24BrNO2/c1-21(2,3)25-20(24)23-19(14-8-5-4-6-9-14)18-13-17(18)15-10-7-11-16(22)12-15/h4-12,17-19H,13H2,1-3H3,(H,23,24). The second-order valence-electron chi connectivity index (χ2n) is 7.60. The van der Waals surface area contributed by atoms with Crippen LogP contribution in [-0.4, -0.2) is 11.7 Å². The Kier molecular flexibility index (Phi) is 5.19. The molecular weight excluding hydrogens is 378 g/mol. The molecule has 0 saturated heterocycles. The number of halogens is 1. The summed E-state index contributed by atoms with van der Waals surface area (Å²) < 4.78 is 6.56. The van der Waals surface area contributed by atoms with E-state index in [1.54, 1.807) is 0 Å². The quantitative estimate of drug-likeness (QED) is 0.700. The summed E-state index contributed by atoms with van der Waals surface area (Å²) in [6.07, 6.45) is 0.701. The van der Waals surface area contributed by atoms with Crippen LogP contribution < -0.4 is 5.32 Å². The predicted molar refractivity (Wildman–Crippen MR) is 104 cm³/mol. The number of hydrogen-bond donors (Lipinski definition) is 1. The fraction of sp³-hybridized carbons (Fsp3) is 0.381. The van der Waals surface area contributed by atoms with Crippen LogP contribution in [0.4, 0.5) is 4.79 Å². The largest absolute Gasteiger partial charge is 0.444 e. The van der Waals surface area contributed by atoms with Gasteiger partial charge in [0.05, 0.1) is 6.04 Å². The van der Waals surface area contributed by atoms with Crippen molar-refractivity contribution in [3.63, 3.8) is 0 Å². The topological polar surface area (TPSA) is 38.3 Å². The fourth-order valence-corrected chi connectivity index (χ4v) is 3.65. The van der Waals surface area contributed by atoms with Crippen molar-refractivity contribution in [3.8, 4) is 0 Å². The summed E-state index contributed by atoms with van der Waals surface area (Å²) in [5, 5.41) is 3.09. The van der Waals surface area contributed by atoms with Crippen LogP contribution in [0.3, 0.4) is 0 Å². The van der Waals surface area contributed by atoms with Gasteiger partial charge in [0.15, 0.2) is 0 Å². The summed E-state index contributed by atoms with van der Waals surface area (Å²) in [5.74, 6) is 0.835. The molecule has 1 N–H and O–H groups in total. The van der Waals surface area contributed by atoms with Crippen molar-refractivity contribution < 1.29 is 9.53 Å². The van der Waals surface area contributed by atoms with E-state index in [2.05, 4.69) is 51.6 Å². The average molecular weight is 402 g/mol. The summed E-state index contributed by atoms with van der Waals surface area (Å²) >= 11 is 3.54. The fourth-order valence-electron chi connectivity index (χ4n) is 3.24. The highest BCUT2D eigenvalue weighted by Gasteiger charge is 2.45. The second-order valence-corrected chi connectivity index (χ2v) is 8.51. The van der Waals surface area contributed by atoms with Gasteiger partial charge in [-0.3, -0.25) is 0 Å². The summed E-state index contributed by atoms with van der Waals surface area (Å²) in [5.41, 5.74) is 1.93. The van der Waals surface area contributed by atoms with E-state index in [0.717, 1.165) is 16.5 Å². The maximum absolute atomic E-state index is 12.3. The van der Waals surface area contributed by atoms with Crippen molar-refractivity contribution in [2.45, 2.75) is 44.8 Å². The van der Waals surface area contributed by atoms with E-state index in [1.807, 2.05) is 45.0 Å².